The first kappa shape index (κ1) is 12.9. The third kappa shape index (κ3) is 3.43. The number of carbonyl (C=O) groups excluding carboxylic acids is 1. The highest BCUT2D eigenvalue weighted by molar-refractivity contribution is 6.32. The summed E-state index contributed by atoms with van der Waals surface area (Å²) in [5.74, 6) is 1.04. The van der Waals surface area contributed by atoms with E-state index >= 15 is 0 Å². The molecule has 0 fully saturated rings. The first-order valence-corrected chi connectivity index (χ1v) is 5.30. The number of aldehydes is 1. The summed E-state index contributed by atoms with van der Waals surface area (Å²) in [6.07, 6.45) is 0.666. The van der Waals surface area contributed by atoms with Gasteiger partial charge >= 0.3 is 0 Å². The van der Waals surface area contributed by atoms with E-state index in [2.05, 4.69) is 15.3 Å². The van der Waals surface area contributed by atoms with Crippen molar-refractivity contribution < 1.29 is 4.79 Å². The molecule has 0 aliphatic heterocycles. The second-order valence-electron chi connectivity index (χ2n) is 3.67. The van der Waals surface area contributed by atoms with Gasteiger partial charge in [0.15, 0.2) is 6.29 Å². The lowest BCUT2D eigenvalue weighted by atomic mass is 10.3. The molecule has 0 saturated heterocycles. The number of hydrogen-bond acceptors (Lipinski definition) is 5. The minimum absolute atomic E-state index is 0.190. The molecule has 0 saturated carbocycles. The maximum absolute atomic E-state index is 10.8. The van der Waals surface area contributed by atoms with Crippen LogP contribution in [0, 0.1) is 6.92 Å². The first-order valence-electron chi connectivity index (χ1n) is 4.92. The molecule has 0 unspecified atom stereocenters. The maximum atomic E-state index is 10.8. The van der Waals surface area contributed by atoms with Crippen LogP contribution in [0.25, 0.3) is 0 Å². The molecule has 0 amide bonds. The Labute approximate surface area is 99.8 Å². The van der Waals surface area contributed by atoms with Crippen LogP contribution in [-0.4, -0.2) is 48.3 Å². The lowest BCUT2D eigenvalue weighted by molar-refractivity contribution is 0.112. The van der Waals surface area contributed by atoms with E-state index in [9.17, 15) is 4.79 Å². The van der Waals surface area contributed by atoms with Gasteiger partial charge in [-0.3, -0.25) is 4.79 Å². The highest BCUT2D eigenvalue weighted by Gasteiger charge is 2.10. The Morgan fingerprint density at radius 3 is 2.69 bits per heavy atom. The van der Waals surface area contributed by atoms with Gasteiger partial charge in [-0.2, -0.15) is 0 Å². The van der Waals surface area contributed by atoms with Gasteiger partial charge in [0, 0.05) is 13.1 Å². The second-order valence-corrected chi connectivity index (χ2v) is 4.03. The molecule has 6 heteroatoms. The van der Waals surface area contributed by atoms with Gasteiger partial charge in [0.2, 0.25) is 0 Å². The number of nitrogens with zero attached hydrogens (tertiary/aromatic N) is 3. The highest BCUT2D eigenvalue weighted by atomic mass is 35.5. The Balaban J connectivity index is 2.81. The summed E-state index contributed by atoms with van der Waals surface area (Å²) >= 11 is 5.84. The summed E-state index contributed by atoms with van der Waals surface area (Å²) in [5, 5.41) is 3.26. The molecule has 1 aromatic heterocycles. The van der Waals surface area contributed by atoms with E-state index in [1.54, 1.807) is 6.92 Å². The summed E-state index contributed by atoms with van der Waals surface area (Å²) < 4.78 is 0. The molecular weight excluding hydrogens is 228 g/mol. The average Bonchev–Trinajstić information content (AvgIpc) is 2.16. The normalized spacial score (nSPS) is 10.6. The van der Waals surface area contributed by atoms with Crippen molar-refractivity contribution in [2.45, 2.75) is 6.92 Å². The monoisotopic (exact) mass is 242 g/mol. The van der Waals surface area contributed by atoms with Crippen LogP contribution in [0.3, 0.4) is 0 Å². The topological polar surface area (TPSA) is 58.1 Å². The maximum Gasteiger partial charge on any atom is 0.156 e. The molecule has 88 valence electrons. The van der Waals surface area contributed by atoms with E-state index in [4.69, 9.17) is 11.6 Å². The summed E-state index contributed by atoms with van der Waals surface area (Å²) in [4.78, 5) is 20.9. The molecule has 1 N–H and O–H groups in total. The zero-order valence-corrected chi connectivity index (χ0v) is 10.4. The van der Waals surface area contributed by atoms with Crippen LogP contribution in [0.2, 0.25) is 5.15 Å². The molecule has 0 atom stereocenters. The number of anilines is 1. The number of aromatic nitrogens is 2. The van der Waals surface area contributed by atoms with E-state index in [-0.39, 0.29) is 5.15 Å². The van der Waals surface area contributed by atoms with Gasteiger partial charge in [0.25, 0.3) is 0 Å². The van der Waals surface area contributed by atoms with E-state index < -0.39 is 0 Å². The number of likely N-dealkylation sites (N-methyl/N-ethyl adjacent to an activating group) is 1. The van der Waals surface area contributed by atoms with Crippen LogP contribution in [0.15, 0.2) is 0 Å². The van der Waals surface area contributed by atoms with Gasteiger partial charge in [-0.1, -0.05) is 11.6 Å². The number of halogens is 1. The summed E-state index contributed by atoms with van der Waals surface area (Å²) in [6, 6.07) is 0. The molecule has 0 aliphatic rings. The van der Waals surface area contributed by atoms with Gasteiger partial charge in [0.05, 0.1) is 5.56 Å². The van der Waals surface area contributed by atoms with E-state index in [0.29, 0.717) is 30.0 Å². The molecule has 0 spiro atoms. The third-order valence-corrected chi connectivity index (χ3v) is 2.27. The zero-order valence-electron chi connectivity index (χ0n) is 9.62. The molecular formula is C10H15ClN4O. The standard InChI is InChI=1S/C10H15ClN4O/c1-7-13-9(11)8(6-16)10(14-7)12-4-5-15(2)3/h6H,4-5H2,1-3H3,(H,12,13,14). The van der Waals surface area contributed by atoms with Gasteiger partial charge in [0.1, 0.15) is 16.8 Å². The minimum atomic E-state index is 0.190. The van der Waals surface area contributed by atoms with Crippen LogP contribution in [0.5, 0.6) is 0 Å². The van der Waals surface area contributed by atoms with Crippen LogP contribution < -0.4 is 5.32 Å². The zero-order chi connectivity index (χ0) is 12.1. The number of aryl methyl sites for hydroxylation is 1. The fraction of sp³-hybridized carbons (Fsp3) is 0.500. The molecule has 5 nitrogen and oxygen atoms in total. The fourth-order valence-corrected chi connectivity index (χ4v) is 1.44. The Kier molecular flexibility index (Phi) is 4.64. The Hall–Kier alpha value is -1.20. The van der Waals surface area contributed by atoms with Crippen molar-refractivity contribution in [3.8, 4) is 0 Å². The van der Waals surface area contributed by atoms with E-state index in [1.165, 1.54) is 0 Å². The smallest absolute Gasteiger partial charge is 0.156 e. The largest absolute Gasteiger partial charge is 0.368 e. The van der Waals surface area contributed by atoms with E-state index in [0.717, 1.165) is 6.54 Å². The molecule has 16 heavy (non-hydrogen) atoms. The number of nitrogens with one attached hydrogen (secondary N) is 1. The molecule has 0 bridgehead atoms. The number of rotatable bonds is 5. The summed E-state index contributed by atoms with van der Waals surface area (Å²) in [5.41, 5.74) is 0.311. The first-order chi connectivity index (χ1) is 7.54. The fourth-order valence-electron chi connectivity index (χ4n) is 1.18. The van der Waals surface area contributed by atoms with Crippen LogP contribution >= 0.6 is 11.6 Å². The predicted molar refractivity (Wildman–Crippen MR) is 64.2 cm³/mol. The van der Waals surface area contributed by atoms with Crippen molar-refractivity contribution in [3.63, 3.8) is 0 Å². The molecule has 0 radical (unpaired) electrons. The van der Waals surface area contributed by atoms with Gasteiger partial charge < -0.3 is 10.2 Å². The van der Waals surface area contributed by atoms with Crippen LogP contribution in [0.4, 0.5) is 5.82 Å². The quantitative estimate of drug-likeness (QED) is 0.622. The van der Waals surface area contributed by atoms with Crippen LogP contribution in [0.1, 0.15) is 16.2 Å². The predicted octanol–water partition coefficient (Wildman–Crippen LogP) is 1.22. The van der Waals surface area contributed by atoms with Crippen molar-refractivity contribution in [2.75, 3.05) is 32.5 Å². The van der Waals surface area contributed by atoms with Crippen molar-refractivity contribution in [1.82, 2.24) is 14.9 Å². The van der Waals surface area contributed by atoms with Crippen molar-refractivity contribution in [3.05, 3.63) is 16.5 Å². The molecule has 1 aromatic rings. The SMILES string of the molecule is Cc1nc(Cl)c(C=O)c(NCCN(C)C)n1. The Morgan fingerprint density at radius 2 is 2.12 bits per heavy atom. The van der Waals surface area contributed by atoms with Gasteiger partial charge in [-0.25, -0.2) is 9.97 Å². The van der Waals surface area contributed by atoms with Crippen molar-refractivity contribution in [1.29, 1.82) is 0 Å². The number of hydrogen-bond donors (Lipinski definition) is 1. The Morgan fingerprint density at radius 1 is 1.44 bits per heavy atom. The average molecular weight is 243 g/mol. The van der Waals surface area contributed by atoms with Crippen LogP contribution in [-0.2, 0) is 0 Å². The minimum Gasteiger partial charge on any atom is -0.368 e. The van der Waals surface area contributed by atoms with Crippen molar-refractivity contribution >= 4 is 23.7 Å². The molecule has 0 aromatic carbocycles. The lowest BCUT2D eigenvalue weighted by Crippen LogP contribution is -2.22. The van der Waals surface area contributed by atoms with E-state index in [1.807, 2.05) is 19.0 Å². The molecule has 1 rings (SSSR count). The molecule has 0 aliphatic carbocycles. The molecule has 1 heterocycles. The summed E-state index contributed by atoms with van der Waals surface area (Å²) in [7, 11) is 3.95. The van der Waals surface area contributed by atoms with Gasteiger partial charge in [-0.05, 0) is 21.0 Å². The highest BCUT2D eigenvalue weighted by Crippen LogP contribution is 2.18. The van der Waals surface area contributed by atoms with Crippen molar-refractivity contribution in [2.24, 2.45) is 0 Å². The summed E-state index contributed by atoms with van der Waals surface area (Å²) in [6.45, 7) is 3.27. The van der Waals surface area contributed by atoms with Gasteiger partial charge in [-0.15, -0.1) is 0 Å². The Bertz CT molecular complexity index is 381. The lowest BCUT2D eigenvalue weighted by Gasteiger charge is -2.12. The second kappa shape index (κ2) is 5.77. The number of carbonyl (C=O) groups is 1. The third-order valence-electron chi connectivity index (χ3n) is 1.98.